The van der Waals surface area contributed by atoms with E-state index in [4.69, 9.17) is 11.6 Å². The Labute approximate surface area is 168 Å². The Hall–Kier alpha value is -2.66. The zero-order valence-corrected chi connectivity index (χ0v) is 16.4. The van der Waals surface area contributed by atoms with Crippen molar-refractivity contribution in [1.29, 1.82) is 0 Å². The van der Waals surface area contributed by atoms with E-state index in [0.717, 1.165) is 48.1 Å². The zero-order chi connectivity index (χ0) is 19.7. The fourth-order valence-corrected chi connectivity index (χ4v) is 3.78. The summed E-state index contributed by atoms with van der Waals surface area (Å²) in [4.78, 5) is 19.7. The predicted octanol–water partition coefficient (Wildman–Crippen LogP) is 5.58. The largest absolute Gasteiger partial charge is 0.371 e. The second-order valence-corrected chi connectivity index (χ2v) is 7.59. The maximum absolute atomic E-state index is 13.4. The van der Waals surface area contributed by atoms with Crippen LogP contribution in [-0.2, 0) is 0 Å². The van der Waals surface area contributed by atoms with E-state index in [2.05, 4.69) is 28.2 Å². The molecule has 2 heterocycles. The Kier molecular flexibility index (Phi) is 5.18. The molecule has 0 saturated carbocycles. The molecule has 0 aliphatic carbocycles. The average molecular weight is 398 g/mol. The molecule has 0 spiro atoms. The molecule has 2 aromatic carbocycles. The molecule has 0 atom stereocenters. The normalized spacial score (nSPS) is 14.3. The maximum Gasteiger partial charge on any atom is 0.274 e. The summed E-state index contributed by atoms with van der Waals surface area (Å²) in [5, 5.41) is 3.79. The number of pyridine rings is 1. The molecule has 1 aliphatic heterocycles. The SMILES string of the molecule is Cc1ccc2nc(C(=O)Nc3ccc(F)c(Cl)c3)cc(N3CCCCC3)c2c1. The van der Waals surface area contributed by atoms with Crippen LogP contribution < -0.4 is 10.2 Å². The molecule has 0 bridgehead atoms. The first-order valence-corrected chi connectivity index (χ1v) is 9.82. The number of nitrogens with one attached hydrogen (secondary N) is 1. The standard InChI is InChI=1S/C22H21ClFN3O/c1-14-5-8-19-16(11-14)21(27-9-3-2-4-10-27)13-20(26-19)22(28)25-15-6-7-18(24)17(23)12-15/h5-8,11-13H,2-4,9-10H2,1H3,(H,25,28). The molecular weight excluding hydrogens is 377 g/mol. The van der Waals surface area contributed by atoms with Gasteiger partial charge in [0.05, 0.1) is 10.5 Å². The highest BCUT2D eigenvalue weighted by Gasteiger charge is 2.18. The Morgan fingerprint density at radius 3 is 2.64 bits per heavy atom. The van der Waals surface area contributed by atoms with Crippen molar-refractivity contribution in [3.63, 3.8) is 0 Å². The van der Waals surface area contributed by atoms with Crippen LogP contribution in [-0.4, -0.2) is 24.0 Å². The Bertz CT molecular complexity index is 1050. The number of carbonyl (C=O) groups excluding carboxylic acids is 1. The summed E-state index contributed by atoms with van der Waals surface area (Å²) >= 11 is 5.81. The van der Waals surface area contributed by atoms with E-state index < -0.39 is 5.82 Å². The molecule has 0 radical (unpaired) electrons. The topological polar surface area (TPSA) is 45.2 Å². The van der Waals surface area contributed by atoms with Gasteiger partial charge in [0.25, 0.3) is 5.91 Å². The highest BCUT2D eigenvalue weighted by Crippen LogP contribution is 2.30. The lowest BCUT2D eigenvalue weighted by molar-refractivity contribution is 0.102. The van der Waals surface area contributed by atoms with Gasteiger partial charge >= 0.3 is 0 Å². The van der Waals surface area contributed by atoms with Crippen LogP contribution in [0.15, 0.2) is 42.5 Å². The van der Waals surface area contributed by atoms with Crippen LogP contribution in [0.5, 0.6) is 0 Å². The van der Waals surface area contributed by atoms with Crippen LogP contribution in [0, 0.1) is 12.7 Å². The number of fused-ring (bicyclic) bond motifs is 1. The molecule has 1 aromatic heterocycles. The molecule has 28 heavy (non-hydrogen) atoms. The molecule has 1 saturated heterocycles. The van der Waals surface area contributed by atoms with Crippen LogP contribution in [0.4, 0.5) is 15.8 Å². The quantitative estimate of drug-likeness (QED) is 0.627. The van der Waals surface area contributed by atoms with Gasteiger partial charge in [-0.1, -0.05) is 23.2 Å². The third-order valence-electron chi connectivity index (χ3n) is 5.05. The fourth-order valence-electron chi connectivity index (χ4n) is 3.60. The van der Waals surface area contributed by atoms with E-state index in [1.54, 1.807) is 0 Å². The molecule has 1 aliphatic rings. The summed E-state index contributed by atoms with van der Waals surface area (Å²) in [5.41, 5.74) is 3.75. The van der Waals surface area contributed by atoms with Gasteiger partial charge in [-0.05, 0) is 62.6 Å². The van der Waals surface area contributed by atoms with E-state index >= 15 is 0 Å². The van der Waals surface area contributed by atoms with E-state index in [1.807, 2.05) is 18.2 Å². The van der Waals surface area contributed by atoms with Crippen molar-refractivity contribution in [2.75, 3.05) is 23.3 Å². The highest BCUT2D eigenvalue weighted by atomic mass is 35.5. The maximum atomic E-state index is 13.4. The van der Waals surface area contributed by atoms with Crippen LogP contribution >= 0.6 is 11.6 Å². The van der Waals surface area contributed by atoms with Gasteiger partial charge < -0.3 is 10.2 Å². The number of hydrogen-bond donors (Lipinski definition) is 1. The number of anilines is 2. The van der Waals surface area contributed by atoms with Gasteiger partial charge in [0.2, 0.25) is 0 Å². The number of benzene rings is 2. The van der Waals surface area contributed by atoms with Crippen molar-refractivity contribution in [3.05, 3.63) is 64.6 Å². The number of piperidine rings is 1. The monoisotopic (exact) mass is 397 g/mol. The van der Waals surface area contributed by atoms with Gasteiger partial charge in [-0.15, -0.1) is 0 Å². The van der Waals surface area contributed by atoms with Crippen molar-refractivity contribution in [2.45, 2.75) is 26.2 Å². The van der Waals surface area contributed by atoms with Crippen LogP contribution in [0.2, 0.25) is 5.02 Å². The first-order valence-electron chi connectivity index (χ1n) is 9.44. The summed E-state index contributed by atoms with van der Waals surface area (Å²) in [6.45, 7) is 4.00. The number of amides is 1. The summed E-state index contributed by atoms with van der Waals surface area (Å²) in [5.74, 6) is -0.866. The number of hydrogen-bond acceptors (Lipinski definition) is 3. The van der Waals surface area contributed by atoms with E-state index in [0.29, 0.717) is 11.4 Å². The zero-order valence-electron chi connectivity index (χ0n) is 15.6. The average Bonchev–Trinajstić information content (AvgIpc) is 2.70. The summed E-state index contributed by atoms with van der Waals surface area (Å²) in [6.07, 6.45) is 3.52. The first-order chi connectivity index (χ1) is 13.5. The van der Waals surface area contributed by atoms with Crippen molar-refractivity contribution in [3.8, 4) is 0 Å². The van der Waals surface area contributed by atoms with E-state index in [9.17, 15) is 9.18 Å². The summed E-state index contributed by atoms with van der Waals surface area (Å²) in [7, 11) is 0. The van der Waals surface area contributed by atoms with Gasteiger partial charge in [0.15, 0.2) is 0 Å². The second-order valence-electron chi connectivity index (χ2n) is 7.18. The molecule has 144 valence electrons. The van der Waals surface area contributed by atoms with Gasteiger partial charge in [-0.3, -0.25) is 4.79 Å². The Morgan fingerprint density at radius 1 is 1.11 bits per heavy atom. The number of rotatable bonds is 3. The number of halogens is 2. The van der Waals surface area contributed by atoms with Crippen molar-refractivity contribution < 1.29 is 9.18 Å². The lowest BCUT2D eigenvalue weighted by Gasteiger charge is -2.30. The summed E-state index contributed by atoms with van der Waals surface area (Å²) < 4.78 is 13.4. The van der Waals surface area contributed by atoms with Crippen LogP contribution in [0.1, 0.15) is 35.3 Å². The minimum Gasteiger partial charge on any atom is -0.371 e. The van der Waals surface area contributed by atoms with Gasteiger partial charge in [-0.25, -0.2) is 9.37 Å². The highest BCUT2D eigenvalue weighted by molar-refractivity contribution is 6.31. The Morgan fingerprint density at radius 2 is 1.89 bits per heavy atom. The molecule has 3 aromatic rings. The number of carbonyl (C=O) groups is 1. The molecule has 6 heteroatoms. The third kappa shape index (κ3) is 3.80. The molecule has 1 amide bonds. The number of aromatic nitrogens is 1. The number of nitrogens with zero attached hydrogens (tertiary/aromatic N) is 2. The van der Waals surface area contributed by atoms with Gasteiger partial charge in [0, 0.05) is 29.9 Å². The minimum atomic E-state index is -0.522. The van der Waals surface area contributed by atoms with Crippen molar-refractivity contribution in [2.24, 2.45) is 0 Å². The minimum absolute atomic E-state index is 0.0336. The molecular formula is C22H21ClFN3O. The van der Waals surface area contributed by atoms with Gasteiger partial charge in [-0.2, -0.15) is 0 Å². The lowest BCUT2D eigenvalue weighted by Crippen LogP contribution is -2.30. The molecule has 4 rings (SSSR count). The third-order valence-corrected chi connectivity index (χ3v) is 5.34. The Balaban J connectivity index is 1.72. The predicted molar refractivity (Wildman–Crippen MR) is 112 cm³/mol. The molecule has 4 nitrogen and oxygen atoms in total. The second kappa shape index (κ2) is 7.76. The van der Waals surface area contributed by atoms with E-state index in [1.165, 1.54) is 24.6 Å². The fraction of sp³-hybridized carbons (Fsp3) is 0.273. The lowest BCUT2D eigenvalue weighted by atomic mass is 10.1. The van der Waals surface area contributed by atoms with Crippen LogP contribution in [0.3, 0.4) is 0 Å². The van der Waals surface area contributed by atoms with Crippen molar-refractivity contribution in [1.82, 2.24) is 4.98 Å². The first kappa shape index (κ1) is 18.7. The molecule has 0 unspecified atom stereocenters. The molecule has 1 fully saturated rings. The van der Waals surface area contributed by atoms with Gasteiger partial charge in [0.1, 0.15) is 11.5 Å². The van der Waals surface area contributed by atoms with E-state index in [-0.39, 0.29) is 10.9 Å². The number of aryl methyl sites for hydroxylation is 1. The van der Waals surface area contributed by atoms with Crippen molar-refractivity contribution >= 4 is 39.8 Å². The summed E-state index contributed by atoms with van der Waals surface area (Å²) in [6, 6.07) is 12.0. The van der Waals surface area contributed by atoms with Crippen LogP contribution in [0.25, 0.3) is 10.9 Å². The molecule has 1 N–H and O–H groups in total. The smallest absolute Gasteiger partial charge is 0.274 e.